The molecule has 0 atom stereocenters. The van der Waals surface area contributed by atoms with Crippen molar-refractivity contribution in [1.29, 1.82) is 0 Å². The molecular formula is C15H19F3N2O4S. The van der Waals surface area contributed by atoms with Crippen LogP contribution in [-0.4, -0.2) is 61.4 Å². The van der Waals surface area contributed by atoms with Crippen molar-refractivity contribution in [3.8, 4) is 0 Å². The van der Waals surface area contributed by atoms with E-state index in [2.05, 4.69) is 0 Å². The summed E-state index contributed by atoms with van der Waals surface area (Å²) in [5, 5.41) is 8.61. The molecule has 1 fully saturated rings. The second-order valence-electron chi connectivity index (χ2n) is 5.77. The maximum Gasteiger partial charge on any atom is 0.416 e. The smallest absolute Gasteiger partial charge is 0.416 e. The van der Waals surface area contributed by atoms with Crippen LogP contribution in [0.2, 0.25) is 0 Å². The largest absolute Gasteiger partial charge is 0.481 e. The second kappa shape index (κ2) is 7.71. The highest BCUT2D eigenvalue weighted by Crippen LogP contribution is 2.31. The predicted molar refractivity (Wildman–Crippen MR) is 83.5 cm³/mol. The maximum atomic E-state index is 12.8. The zero-order valence-electron chi connectivity index (χ0n) is 13.4. The highest BCUT2D eigenvalue weighted by Gasteiger charge is 2.33. The summed E-state index contributed by atoms with van der Waals surface area (Å²) in [7, 11) is -3.99. The molecule has 1 saturated heterocycles. The first kappa shape index (κ1) is 19.7. The van der Waals surface area contributed by atoms with Crippen LogP contribution in [0.25, 0.3) is 0 Å². The van der Waals surface area contributed by atoms with Crippen LogP contribution in [0, 0.1) is 0 Å². The molecule has 1 N–H and O–H groups in total. The number of hydrogen-bond acceptors (Lipinski definition) is 4. The van der Waals surface area contributed by atoms with Crippen LogP contribution in [0.1, 0.15) is 18.4 Å². The first-order valence-corrected chi connectivity index (χ1v) is 9.16. The van der Waals surface area contributed by atoms with Crippen molar-refractivity contribution in [3.63, 3.8) is 0 Å². The van der Waals surface area contributed by atoms with Gasteiger partial charge in [0.05, 0.1) is 10.5 Å². The fraction of sp³-hybridized carbons (Fsp3) is 0.533. The summed E-state index contributed by atoms with van der Waals surface area (Å²) in [6.45, 7) is 1.69. The monoisotopic (exact) mass is 380 g/mol. The molecule has 140 valence electrons. The number of halogens is 3. The van der Waals surface area contributed by atoms with Crippen molar-refractivity contribution in [2.45, 2.75) is 23.9 Å². The Hall–Kier alpha value is -1.65. The number of carboxylic acid groups (broad SMARTS) is 1. The number of aliphatic carboxylic acids is 1. The lowest BCUT2D eigenvalue weighted by Crippen LogP contribution is -2.48. The molecule has 1 aliphatic rings. The minimum atomic E-state index is -4.60. The summed E-state index contributed by atoms with van der Waals surface area (Å²) in [5.41, 5.74) is -0.999. The summed E-state index contributed by atoms with van der Waals surface area (Å²) in [6.07, 6.45) is -4.09. The average Bonchev–Trinajstić information content (AvgIpc) is 2.54. The van der Waals surface area contributed by atoms with Gasteiger partial charge in [-0.25, -0.2) is 8.42 Å². The standard InChI is InChI=1S/C15H19F3N2O4S/c16-15(17,18)12-3-1-4-13(11-12)25(23,24)20-9-7-19(8-10-20)6-2-5-14(21)22/h1,3-4,11H,2,5-10H2,(H,21,22). The molecule has 2 rings (SSSR count). The van der Waals surface area contributed by atoms with E-state index in [0.717, 1.165) is 22.5 Å². The van der Waals surface area contributed by atoms with Crippen molar-refractivity contribution >= 4 is 16.0 Å². The summed E-state index contributed by atoms with van der Waals surface area (Å²) in [4.78, 5) is 12.1. The Morgan fingerprint density at radius 3 is 2.36 bits per heavy atom. The first-order chi connectivity index (χ1) is 11.6. The van der Waals surface area contributed by atoms with Crippen molar-refractivity contribution in [2.24, 2.45) is 0 Å². The number of sulfonamides is 1. The van der Waals surface area contributed by atoms with E-state index in [1.807, 2.05) is 4.90 Å². The lowest BCUT2D eigenvalue weighted by atomic mass is 10.2. The van der Waals surface area contributed by atoms with Crippen molar-refractivity contribution in [1.82, 2.24) is 9.21 Å². The molecule has 1 aromatic rings. The van der Waals surface area contributed by atoms with Gasteiger partial charge in [0.1, 0.15) is 0 Å². The summed E-state index contributed by atoms with van der Waals surface area (Å²) in [6, 6.07) is 3.72. The number of carbonyl (C=O) groups is 1. The third-order valence-corrected chi connectivity index (χ3v) is 5.89. The van der Waals surface area contributed by atoms with Gasteiger partial charge in [-0.2, -0.15) is 17.5 Å². The summed E-state index contributed by atoms with van der Waals surface area (Å²) >= 11 is 0. The second-order valence-corrected chi connectivity index (χ2v) is 7.71. The topological polar surface area (TPSA) is 77.9 Å². The van der Waals surface area contributed by atoms with Crippen molar-refractivity contribution < 1.29 is 31.5 Å². The molecule has 0 unspecified atom stereocenters. The number of piperazine rings is 1. The summed E-state index contributed by atoms with van der Waals surface area (Å²) < 4.78 is 64.5. The van der Waals surface area contributed by atoms with Crippen LogP contribution < -0.4 is 0 Å². The van der Waals surface area contributed by atoms with Crippen LogP contribution >= 0.6 is 0 Å². The zero-order chi connectivity index (χ0) is 18.7. The molecule has 0 amide bonds. The van der Waals surface area contributed by atoms with Gasteiger partial charge in [0.15, 0.2) is 0 Å². The molecular weight excluding hydrogens is 361 g/mol. The fourth-order valence-corrected chi connectivity index (χ4v) is 4.10. The number of hydrogen-bond donors (Lipinski definition) is 1. The van der Waals surface area contributed by atoms with Gasteiger partial charge in [-0.3, -0.25) is 4.79 Å². The predicted octanol–water partition coefficient (Wildman–Crippen LogP) is 1.88. The molecule has 0 aromatic heterocycles. The van der Waals surface area contributed by atoms with Crippen molar-refractivity contribution in [2.75, 3.05) is 32.7 Å². The lowest BCUT2D eigenvalue weighted by Gasteiger charge is -2.34. The zero-order valence-corrected chi connectivity index (χ0v) is 14.2. The van der Waals surface area contributed by atoms with Gasteiger partial charge in [-0.1, -0.05) is 6.07 Å². The number of carboxylic acids is 1. The molecule has 10 heteroatoms. The molecule has 0 aliphatic carbocycles. The average molecular weight is 380 g/mol. The van der Waals surface area contributed by atoms with E-state index in [0.29, 0.717) is 32.1 Å². The molecule has 0 saturated carbocycles. The molecule has 6 nitrogen and oxygen atoms in total. The highest BCUT2D eigenvalue weighted by molar-refractivity contribution is 7.89. The van der Waals surface area contributed by atoms with Crippen LogP contribution in [0.3, 0.4) is 0 Å². The van der Waals surface area contributed by atoms with E-state index in [1.165, 1.54) is 0 Å². The molecule has 25 heavy (non-hydrogen) atoms. The van der Waals surface area contributed by atoms with Crippen LogP contribution in [0.4, 0.5) is 13.2 Å². The Kier molecular flexibility index (Phi) is 6.07. The SMILES string of the molecule is O=C(O)CCCN1CCN(S(=O)(=O)c2cccc(C(F)(F)F)c2)CC1. The quantitative estimate of drug-likeness (QED) is 0.815. The third kappa shape index (κ3) is 5.16. The lowest BCUT2D eigenvalue weighted by molar-refractivity contribution is -0.138. The van der Waals surface area contributed by atoms with Gasteiger partial charge in [-0.15, -0.1) is 0 Å². The van der Waals surface area contributed by atoms with Crippen LogP contribution in [0.5, 0.6) is 0 Å². The van der Waals surface area contributed by atoms with Crippen LogP contribution in [0.15, 0.2) is 29.2 Å². The molecule has 1 aromatic carbocycles. The molecule has 0 bridgehead atoms. The van der Waals surface area contributed by atoms with E-state index >= 15 is 0 Å². The van der Waals surface area contributed by atoms with E-state index in [-0.39, 0.29) is 24.4 Å². The number of nitrogens with zero attached hydrogens (tertiary/aromatic N) is 2. The molecule has 0 radical (unpaired) electrons. The van der Waals surface area contributed by atoms with Gasteiger partial charge >= 0.3 is 12.1 Å². The van der Waals surface area contributed by atoms with Crippen LogP contribution in [-0.2, 0) is 21.0 Å². The Morgan fingerprint density at radius 1 is 1.16 bits per heavy atom. The maximum absolute atomic E-state index is 12.8. The Labute approximate surface area is 143 Å². The molecule has 1 aliphatic heterocycles. The number of rotatable bonds is 6. The Balaban J connectivity index is 2.01. The van der Waals surface area contributed by atoms with E-state index in [1.54, 1.807) is 0 Å². The minimum absolute atomic E-state index is 0.0444. The molecule has 0 spiro atoms. The fourth-order valence-electron chi connectivity index (χ4n) is 2.63. The normalized spacial score (nSPS) is 17.6. The summed E-state index contributed by atoms with van der Waals surface area (Å²) in [5.74, 6) is -0.884. The third-order valence-electron chi connectivity index (χ3n) is 4.00. The van der Waals surface area contributed by atoms with Gasteiger partial charge in [0, 0.05) is 32.6 Å². The molecule has 1 heterocycles. The number of benzene rings is 1. The van der Waals surface area contributed by atoms with E-state index < -0.39 is 27.7 Å². The Bertz CT molecular complexity index is 714. The van der Waals surface area contributed by atoms with Gasteiger partial charge < -0.3 is 10.0 Å². The minimum Gasteiger partial charge on any atom is -0.481 e. The number of alkyl halides is 3. The van der Waals surface area contributed by atoms with Gasteiger partial charge in [0.2, 0.25) is 10.0 Å². The van der Waals surface area contributed by atoms with E-state index in [9.17, 15) is 26.4 Å². The van der Waals surface area contributed by atoms with Gasteiger partial charge in [0.25, 0.3) is 0 Å². The Morgan fingerprint density at radius 2 is 1.80 bits per heavy atom. The van der Waals surface area contributed by atoms with Crippen molar-refractivity contribution in [3.05, 3.63) is 29.8 Å². The van der Waals surface area contributed by atoms with Gasteiger partial charge in [-0.05, 0) is 31.2 Å². The highest BCUT2D eigenvalue weighted by atomic mass is 32.2. The first-order valence-electron chi connectivity index (χ1n) is 7.72. The van der Waals surface area contributed by atoms with E-state index in [4.69, 9.17) is 5.11 Å².